The van der Waals surface area contributed by atoms with E-state index >= 15 is 0 Å². The number of aromatic nitrogens is 3. The number of hydrogen-bond donors (Lipinski definition) is 3. The molecule has 168 valence electrons. The van der Waals surface area contributed by atoms with Gasteiger partial charge in [-0.1, -0.05) is 12.1 Å². The molecule has 0 fully saturated rings. The predicted octanol–water partition coefficient (Wildman–Crippen LogP) is 2.02. The van der Waals surface area contributed by atoms with Gasteiger partial charge in [0.05, 0.1) is 35.4 Å². The van der Waals surface area contributed by atoms with Crippen LogP contribution >= 0.6 is 0 Å². The van der Waals surface area contributed by atoms with Crippen molar-refractivity contribution in [3.63, 3.8) is 0 Å². The Kier molecular flexibility index (Phi) is 7.28. The van der Waals surface area contributed by atoms with Gasteiger partial charge in [0.25, 0.3) is 0 Å². The van der Waals surface area contributed by atoms with Gasteiger partial charge in [-0.2, -0.15) is 5.26 Å². The minimum atomic E-state index is -0.603. The molecule has 2 heterocycles. The number of carbonyl (C=O) groups is 1. The first kappa shape index (κ1) is 22.9. The molecule has 12 heteroatoms. The van der Waals surface area contributed by atoms with Crippen LogP contribution in [0.2, 0.25) is 0 Å². The van der Waals surface area contributed by atoms with Crippen molar-refractivity contribution in [2.24, 2.45) is 4.99 Å². The number of H-pyrrole nitrogens is 1. The minimum absolute atomic E-state index is 0.182. The van der Waals surface area contributed by atoms with Gasteiger partial charge in [0.1, 0.15) is 11.4 Å². The summed E-state index contributed by atoms with van der Waals surface area (Å²) in [6, 6.07) is 11.4. The van der Waals surface area contributed by atoms with Crippen LogP contribution in [0.3, 0.4) is 0 Å². The summed E-state index contributed by atoms with van der Waals surface area (Å²) in [6.07, 6.45) is 1.48. The van der Waals surface area contributed by atoms with Crippen molar-refractivity contribution in [3.8, 4) is 17.3 Å². The standard InChI is InChI=1S/C21H20N8O4/c1-2-33-20(30)15-12-26-21(28-18(15)14-5-3-13(11-22)4-6-14)25-10-9-24-17-8-7-16(29(31)32)19(23)27-17/h3-8,12H,2,9-10H2,1H3,(H3,23,24,27)(H,25,26,28). The lowest BCUT2D eigenvalue weighted by Gasteiger charge is -2.08. The van der Waals surface area contributed by atoms with Crippen LogP contribution in [0.1, 0.15) is 22.8 Å². The maximum Gasteiger partial charge on any atom is 0.341 e. The fraction of sp³-hybridized carbons (Fsp3) is 0.190. The fourth-order valence-electron chi connectivity index (χ4n) is 2.84. The van der Waals surface area contributed by atoms with Crippen LogP contribution in [0, 0.1) is 21.4 Å². The van der Waals surface area contributed by atoms with Gasteiger partial charge >= 0.3 is 11.7 Å². The van der Waals surface area contributed by atoms with Crippen LogP contribution < -0.4 is 16.7 Å². The number of nitrogens with zero attached hydrogens (tertiary/aromatic N) is 5. The number of nitrogens with two attached hydrogens (primary N) is 1. The highest BCUT2D eigenvalue weighted by Crippen LogP contribution is 2.21. The Bertz CT molecular complexity index is 1280. The van der Waals surface area contributed by atoms with Crippen LogP contribution in [-0.4, -0.2) is 45.5 Å². The second-order valence-electron chi connectivity index (χ2n) is 6.56. The summed E-state index contributed by atoms with van der Waals surface area (Å²) < 4.78 is 5.10. The molecule has 2 aromatic heterocycles. The number of aromatic amines is 1. The summed E-state index contributed by atoms with van der Waals surface area (Å²) in [6.45, 7) is 2.56. The molecule has 0 aliphatic carbocycles. The molecule has 4 N–H and O–H groups in total. The van der Waals surface area contributed by atoms with E-state index < -0.39 is 10.9 Å². The molecule has 0 aliphatic rings. The third-order valence-corrected chi connectivity index (χ3v) is 4.38. The molecule has 3 rings (SSSR count). The molecule has 0 saturated carbocycles. The number of hydrogen-bond acceptors (Lipinski definition) is 10. The number of ether oxygens (including phenoxy) is 1. The number of esters is 1. The number of carbonyl (C=O) groups excluding carboxylic acids is 1. The van der Waals surface area contributed by atoms with E-state index in [1.165, 1.54) is 18.3 Å². The normalized spacial score (nSPS) is 11.0. The van der Waals surface area contributed by atoms with E-state index in [2.05, 4.69) is 25.3 Å². The van der Waals surface area contributed by atoms with Crippen molar-refractivity contribution >= 4 is 23.3 Å². The first-order chi connectivity index (χ1) is 15.9. The summed E-state index contributed by atoms with van der Waals surface area (Å²) >= 11 is 0. The van der Waals surface area contributed by atoms with E-state index in [0.29, 0.717) is 29.2 Å². The zero-order valence-electron chi connectivity index (χ0n) is 17.6. The van der Waals surface area contributed by atoms with Gasteiger partial charge in [-0.3, -0.25) is 10.1 Å². The first-order valence-electron chi connectivity index (χ1n) is 9.85. The SMILES string of the molecule is CCOC(=O)c1c[nH]c(=NCCNc2ccc([N+](=O)[O-])c(N)n2)nc1-c1ccc(C#N)cc1. The number of benzene rings is 1. The molecule has 3 aromatic rings. The average molecular weight is 448 g/mol. The summed E-state index contributed by atoms with van der Waals surface area (Å²) in [5, 5.41) is 22.8. The van der Waals surface area contributed by atoms with Gasteiger partial charge in [-0.15, -0.1) is 0 Å². The van der Waals surface area contributed by atoms with Crippen molar-refractivity contribution in [1.82, 2.24) is 15.0 Å². The molecule has 33 heavy (non-hydrogen) atoms. The van der Waals surface area contributed by atoms with Gasteiger partial charge in [0, 0.05) is 24.4 Å². The van der Waals surface area contributed by atoms with Crippen LogP contribution in [0.5, 0.6) is 0 Å². The van der Waals surface area contributed by atoms with Crippen molar-refractivity contribution in [1.29, 1.82) is 5.26 Å². The molecule has 0 saturated heterocycles. The van der Waals surface area contributed by atoms with E-state index in [0.717, 1.165) is 0 Å². The van der Waals surface area contributed by atoms with E-state index in [-0.39, 0.29) is 35.8 Å². The van der Waals surface area contributed by atoms with Crippen molar-refractivity contribution < 1.29 is 14.5 Å². The molecule has 0 radical (unpaired) electrons. The third kappa shape index (κ3) is 5.67. The molecular weight excluding hydrogens is 428 g/mol. The van der Waals surface area contributed by atoms with Gasteiger partial charge < -0.3 is 20.8 Å². The average Bonchev–Trinajstić information content (AvgIpc) is 2.81. The minimum Gasteiger partial charge on any atom is -0.462 e. The number of rotatable bonds is 8. The third-order valence-electron chi connectivity index (χ3n) is 4.38. The highest BCUT2D eigenvalue weighted by atomic mass is 16.6. The zero-order chi connectivity index (χ0) is 23.8. The molecule has 0 atom stereocenters. The van der Waals surface area contributed by atoms with Crippen LogP contribution in [0.15, 0.2) is 47.6 Å². The van der Waals surface area contributed by atoms with Crippen molar-refractivity contribution in [2.45, 2.75) is 6.92 Å². The van der Waals surface area contributed by atoms with E-state index in [1.807, 2.05) is 6.07 Å². The van der Waals surface area contributed by atoms with Gasteiger partial charge in [0.15, 0.2) is 0 Å². The zero-order valence-corrected chi connectivity index (χ0v) is 17.6. The molecule has 0 spiro atoms. The Morgan fingerprint density at radius 1 is 1.30 bits per heavy atom. The summed E-state index contributed by atoms with van der Waals surface area (Å²) in [7, 11) is 0. The highest BCUT2D eigenvalue weighted by Gasteiger charge is 2.16. The smallest absolute Gasteiger partial charge is 0.341 e. The molecule has 12 nitrogen and oxygen atoms in total. The lowest BCUT2D eigenvalue weighted by atomic mass is 10.1. The monoisotopic (exact) mass is 448 g/mol. The number of nitro groups is 1. The lowest BCUT2D eigenvalue weighted by molar-refractivity contribution is -0.384. The van der Waals surface area contributed by atoms with Gasteiger partial charge in [-0.05, 0) is 25.1 Å². The maximum atomic E-state index is 12.3. The Labute approximate surface area is 187 Å². The maximum absolute atomic E-state index is 12.3. The largest absolute Gasteiger partial charge is 0.462 e. The van der Waals surface area contributed by atoms with E-state index in [4.69, 9.17) is 15.7 Å². The second kappa shape index (κ2) is 10.5. The molecule has 0 unspecified atom stereocenters. The molecule has 1 aromatic carbocycles. The quantitative estimate of drug-likeness (QED) is 0.201. The summed E-state index contributed by atoms with van der Waals surface area (Å²) in [5.74, 6) is -0.338. The van der Waals surface area contributed by atoms with E-state index in [9.17, 15) is 14.9 Å². The first-order valence-corrected chi connectivity index (χ1v) is 9.85. The van der Waals surface area contributed by atoms with Gasteiger partial charge in [0.2, 0.25) is 11.4 Å². The van der Waals surface area contributed by atoms with E-state index in [1.54, 1.807) is 31.2 Å². The topological polar surface area (TPSA) is 185 Å². The molecule has 0 amide bonds. The number of pyridine rings is 1. The number of nitrogens with one attached hydrogen (secondary N) is 2. The number of anilines is 2. The number of nitrogen functional groups attached to an aromatic ring is 1. The fourth-order valence-corrected chi connectivity index (χ4v) is 2.84. The molecule has 0 aliphatic heterocycles. The van der Waals surface area contributed by atoms with Gasteiger partial charge in [-0.25, -0.2) is 19.8 Å². The lowest BCUT2D eigenvalue weighted by Crippen LogP contribution is -2.20. The Morgan fingerprint density at radius 3 is 2.70 bits per heavy atom. The van der Waals surface area contributed by atoms with Crippen LogP contribution in [-0.2, 0) is 4.74 Å². The number of nitriles is 1. The summed E-state index contributed by atoms with van der Waals surface area (Å²) in [4.78, 5) is 38.2. The van der Waals surface area contributed by atoms with Crippen LogP contribution in [0.25, 0.3) is 11.3 Å². The van der Waals surface area contributed by atoms with Crippen molar-refractivity contribution in [2.75, 3.05) is 30.7 Å². The van der Waals surface area contributed by atoms with Crippen molar-refractivity contribution in [3.05, 3.63) is 69.5 Å². The predicted molar refractivity (Wildman–Crippen MR) is 119 cm³/mol. The Hall–Kier alpha value is -4.79. The highest BCUT2D eigenvalue weighted by molar-refractivity contribution is 5.95. The Morgan fingerprint density at radius 2 is 2.06 bits per heavy atom. The Balaban J connectivity index is 1.79. The molecule has 0 bridgehead atoms. The van der Waals surface area contributed by atoms with Crippen LogP contribution in [0.4, 0.5) is 17.3 Å². The molecular formula is C21H20N8O4. The summed E-state index contributed by atoms with van der Waals surface area (Å²) in [5.41, 5.74) is 7.32. The second-order valence-corrected chi connectivity index (χ2v) is 6.56.